The van der Waals surface area contributed by atoms with Gasteiger partial charge in [0.2, 0.25) is 0 Å². The Morgan fingerprint density at radius 1 is 1.19 bits per heavy atom. The molecule has 1 aromatic heterocycles. The number of aromatic nitrogens is 1. The van der Waals surface area contributed by atoms with Crippen LogP contribution >= 0.6 is 0 Å². The van der Waals surface area contributed by atoms with Crippen molar-refractivity contribution in [3.8, 4) is 0 Å². The zero-order valence-electron chi connectivity index (χ0n) is 15.7. The molecule has 142 valence electrons. The Balaban J connectivity index is 1.62. The summed E-state index contributed by atoms with van der Waals surface area (Å²) in [6, 6.07) is 3.68. The predicted octanol–water partition coefficient (Wildman–Crippen LogP) is 2.23. The average Bonchev–Trinajstić information content (AvgIpc) is 2.68. The number of rotatable bonds is 3. The van der Waals surface area contributed by atoms with Crippen molar-refractivity contribution in [2.24, 2.45) is 5.92 Å². The van der Waals surface area contributed by atoms with Gasteiger partial charge in [0.15, 0.2) is 0 Å². The summed E-state index contributed by atoms with van der Waals surface area (Å²) in [5, 5.41) is 0. The fourth-order valence-electron chi connectivity index (χ4n) is 3.61. The van der Waals surface area contributed by atoms with Gasteiger partial charge in [-0.05, 0) is 37.8 Å². The van der Waals surface area contributed by atoms with Crippen LogP contribution in [0.4, 0.5) is 10.6 Å². The first-order valence-electron chi connectivity index (χ1n) is 9.50. The van der Waals surface area contributed by atoms with E-state index in [9.17, 15) is 9.59 Å². The molecule has 0 aliphatic carbocycles. The van der Waals surface area contributed by atoms with Crippen LogP contribution in [0.1, 0.15) is 37.0 Å². The highest BCUT2D eigenvalue weighted by atomic mass is 16.6. The molecule has 0 saturated carbocycles. The number of hydrogen-bond donors (Lipinski definition) is 0. The zero-order valence-corrected chi connectivity index (χ0v) is 15.7. The summed E-state index contributed by atoms with van der Waals surface area (Å²) in [6.45, 7) is 8.46. The minimum absolute atomic E-state index is 0.00205. The SMILES string of the molecule is CCOC(=O)N1CCN(C(=O)c2ccnc(N3CCCC(C)C3)c2)CC1. The molecule has 2 fully saturated rings. The number of anilines is 1. The van der Waals surface area contributed by atoms with Crippen LogP contribution < -0.4 is 4.90 Å². The fourth-order valence-corrected chi connectivity index (χ4v) is 3.61. The van der Waals surface area contributed by atoms with Crippen molar-refractivity contribution in [3.05, 3.63) is 23.9 Å². The molecule has 1 unspecified atom stereocenters. The molecule has 0 spiro atoms. The first-order valence-corrected chi connectivity index (χ1v) is 9.50. The van der Waals surface area contributed by atoms with E-state index >= 15 is 0 Å². The van der Waals surface area contributed by atoms with Crippen molar-refractivity contribution < 1.29 is 14.3 Å². The maximum absolute atomic E-state index is 12.8. The summed E-state index contributed by atoms with van der Waals surface area (Å²) in [5.74, 6) is 1.54. The lowest BCUT2D eigenvalue weighted by molar-refractivity contribution is 0.0570. The third-order valence-corrected chi connectivity index (χ3v) is 5.07. The molecule has 0 aromatic carbocycles. The summed E-state index contributed by atoms with van der Waals surface area (Å²) in [6.07, 6.45) is 3.83. The molecular weight excluding hydrogens is 332 g/mol. The molecule has 7 heteroatoms. The number of amides is 2. The topological polar surface area (TPSA) is 66.0 Å². The van der Waals surface area contributed by atoms with E-state index in [1.54, 1.807) is 29.0 Å². The zero-order chi connectivity index (χ0) is 18.5. The monoisotopic (exact) mass is 360 g/mol. The van der Waals surface area contributed by atoms with Gasteiger partial charge >= 0.3 is 6.09 Å². The molecule has 0 radical (unpaired) electrons. The lowest BCUT2D eigenvalue weighted by Crippen LogP contribution is -2.50. The molecular formula is C19H28N4O3. The number of carbonyl (C=O) groups is 2. The summed E-state index contributed by atoms with van der Waals surface area (Å²) in [5.41, 5.74) is 0.665. The van der Waals surface area contributed by atoms with Crippen LogP contribution in [0.2, 0.25) is 0 Å². The number of pyridine rings is 1. The molecule has 2 aliphatic rings. The maximum atomic E-state index is 12.8. The highest BCUT2D eigenvalue weighted by Crippen LogP contribution is 2.22. The molecule has 26 heavy (non-hydrogen) atoms. The second kappa shape index (κ2) is 8.38. The molecule has 7 nitrogen and oxygen atoms in total. The predicted molar refractivity (Wildman–Crippen MR) is 99.3 cm³/mol. The highest BCUT2D eigenvalue weighted by Gasteiger charge is 2.26. The van der Waals surface area contributed by atoms with Gasteiger partial charge in [0.25, 0.3) is 5.91 Å². The molecule has 2 saturated heterocycles. The molecule has 3 rings (SSSR count). The molecule has 2 aliphatic heterocycles. The average molecular weight is 360 g/mol. The van der Waals surface area contributed by atoms with Crippen LogP contribution in [0, 0.1) is 5.92 Å². The van der Waals surface area contributed by atoms with Crippen LogP contribution in [0.25, 0.3) is 0 Å². The van der Waals surface area contributed by atoms with Gasteiger partial charge in [0.1, 0.15) is 5.82 Å². The van der Waals surface area contributed by atoms with Gasteiger partial charge in [-0.2, -0.15) is 0 Å². The van der Waals surface area contributed by atoms with Crippen LogP contribution in [0.5, 0.6) is 0 Å². The molecule has 1 atom stereocenters. The van der Waals surface area contributed by atoms with E-state index in [0.717, 1.165) is 25.3 Å². The lowest BCUT2D eigenvalue weighted by Gasteiger charge is -2.34. The highest BCUT2D eigenvalue weighted by molar-refractivity contribution is 5.95. The lowest BCUT2D eigenvalue weighted by atomic mass is 10.0. The quantitative estimate of drug-likeness (QED) is 0.827. The van der Waals surface area contributed by atoms with Gasteiger partial charge in [-0.25, -0.2) is 9.78 Å². The van der Waals surface area contributed by atoms with Gasteiger partial charge in [-0.3, -0.25) is 4.79 Å². The maximum Gasteiger partial charge on any atom is 0.409 e. The summed E-state index contributed by atoms with van der Waals surface area (Å²) in [7, 11) is 0. The summed E-state index contributed by atoms with van der Waals surface area (Å²) >= 11 is 0. The number of carbonyl (C=O) groups excluding carboxylic acids is 2. The largest absolute Gasteiger partial charge is 0.450 e. The van der Waals surface area contributed by atoms with Gasteiger partial charge in [-0.15, -0.1) is 0 Å². The molecule has 2 amide bonds. The van der Waals surface area contributed by atoms with Crippen LogP contribution in [-0.4, -0.2) is 72.7 Å². The molecule has 0 N–H and O–H groups in total. The minimum Gasteiger partial charge on any atom is -0.450 e. The Bertz CT molecular complexity index is 643. The smallest absolute Gasteiger partial charge is 0.409 e. The summed E-state index contributed by atoms with van der Waals surface area (Å²) < 4.78 is 5.02. The van der Waals surface area contributed by atoms with Gasteiger partial charge in [-0.1, -0.05) is 6.92 Å². The normalized spacial score (nSPS) is 20.8. The van der Waals surface area contributed by atoms with Crippen LogP contribution in [-0.2, 0) is 4.74 Å². The number of piperidine rings is 1. The number of nitrogens with zero attached hydrogens (tertiary/aromatic N) is 4. The van der Waals surface area contributed by atoms with Gasteiger partial charge in [0.05, 0.1) is 6.61 Å². The van der Waals surface area contributed by atoms with Gasteiger partial charge in [0, 0.05) is 51.0 Å². The Morgan fingerprint density at radius 3 is 2.62 bits per heavy atom. The Kier molecular flexibility index (Phi) is 5.96. The van der Waals surface area contributed by atoms with Crippen molar-refractivity contribution in [1.29, 1.82) is 0 Å². The van der Waals surface area contributed by atoms with E-state index in [0.29, 0.717) is 44.3 Å². The number of ether oxygens (including phenoxy) is 1. The van der Waals surface area contributed by atoms with Crippen molar-refractivity contribution in [2.45, 2.75) is 26.7 Å². The van der Waals surface area contributed by atoms with E-state index in [4.69, 9.17) is 4.74 Å². The van der Waals surface area contributed by atoms with Crippen molar-refractivity contribution in [2.75, 3.05) is 50.8 Å². The van der Waals surface area contributed by atoms with E-state index in [2.05, 4.69) is 16.8 Å². The molecule has 3 heterocycles. The van der Waals surface area contributed by atoms with E-state index < -0.39 is 0 Å². The first-order chi connectivity index (χ1) is 12.6. The van der Waals surface area contributed by atoms with E-state index in [1.165, 1.54) is 6.42 Å². The van der Waals surface area contributed by atoms with E-state index in [1.807, 2.05) is 6.07 Å². The fraction of sp³-hybridized carbons (Fsp3) is 0.632. The van der Waals surface area contributed by atoms with Crippen LogP contribution in [0.15, 0.2) is 18.3 Å². The number of piperazine rings is 1. The van der Waals surface area contributed by atoms with Crippen molar-refractivity contribution in [3.63, 3.8) is 0 Å². The molecule has 0 bridgehead atoms. The second-order valence-corrected chi connectivity index (χ2v) is 7.07. The first kappa shape index (κ1) is 18.5. The third-order valence-electron chi connectivity index (χ3n) is 5.07. The Hall–Kier alpha value is -2.31. The van der Waals surface area contributed by atoms with E-state index in [-0.39, 0.29) is 12.0 Å². The van der Waals surface area contributed by atoms with Crippen molar-refractivity contribution in [1.82, 2.24) is 14.8 Å². The van der Waals surface area contributed by atoms with Gasteiger partial charge < -0.3 is 19.4 Å². The molecule has 1 aromatic rings. The second-order valence-electron chi connectivity index (χ2n) is 7.07. The van der Waals surface area contributed by atoms with Crippen LogP contribution in [0.3, 0.4) is 0 Å². The number of hydrogen-bond acceptors (Lipinski definition) is 5. The Labute approximate surface area is 154 Å². The standard InChI is InChI=1S/C19H28N4O3/c1-3-26-19(25)22-11-9-21(10-12-22)18(24)16-6-7-20-17(13-16)23-8-4-5-15(2)14-23/h6-7,13,15H,3-5,8-12,14H2,1-2H3. The summed E-state index contributed by atoms with van der Waals surface area (Å²) in [4.78, 5) is 34.8. The minimum atomic E-state index is -0.301. The van der Waals surface area contributed by atoms with Crippen molar-refractivity contribution >= 4 is 17.8 Å². The Morgan fingerprint density at radius 2 is 1.92 bits per heavy atom. The third kappa shape index (κ3) is 4.26.